The van der Waals surface area contributed by atoms with Gasteiger partial charge < -0.3 is 24.6 Å². The average molecular weight is 378 g/mol. The molecule has 0 spiro atoms. The van der Waals surface area contributed by atoms with Crippen molar-refractivity contribution in [2.75, 3.05) is 16.8 Å². The Balaban J connectivity index is 1.70. The van der Waals surface area contributed by atoms with Crippen LogP contribution in [0.25, 0.3) is 11.1 Å². The number of aliphatic hydroxyl groups is 1. The Hall–Kier alpha value is -3.06. The molecule has 7 nitrogen and oxygen atoms in total. The van der Waals surface area contributed by atoms with Gasteiger partial charge in [0, 0.05) is 11.8 Å². The summed E-state index contributed by atoms with van der Waals surface area (Å²) in [5, 5.41) is 18.0. The molecule has 0 bridgehead atoms. The second-order valence-electron chi connectivity index (χ2n) is 7.36. The number of nitrogens with one attached hydrogen (secondary N) is 1. The van der Waals surface area contributed by atoms with Crippen LogP contribution in [0.2, 0.25) is 0 Å². The van der Waals surface area contributed by atoms with Gasteiger partial charge in [-0.3, -0.25) is 4.98 Å². The third kappa shape index (κ3) is 2.39. The Morgan fingerprint density at radius 1 is 1.25 bits per heavy atom. The van der Waals surface area contributed by atoms with E-state index in [1.54, 1.807) is 13.1 Å². The van der Waals surface area contributed by atoms with Crippen molar-refractivity contribution in [1.29, 1.82) is 0 Å². The van der Waals surface area contributed by atoms with Crippen LogP contribution in [-0.2, 0) is 0 Å². The average Bonchev–Trinajstić information content (AvgIpc) is 3.25. The quantitative estimate of drug-likeness (QED) is 0.722. The van der Waals surface area contributed by atoms with E-state index in [9.17, 15) is 5.11 Å². The number of ether oxygens (including phenoxy) is 1. The molecule has 0 fully saturated rings. The fourth-order valence-electron chi connectivity index (χ4n) is 4.27. The zero-order chi connectivity index (χ0) is 19.4. The Morgan fingerprint density at radius 3 is 2.79 bits per heavy atom. The van der Waals surface area contributed by atoms with E-state index in [0.29, 0.717) is 6.61 Å². The van der Waals surface area contributed by atoms with E-state index < -0.39 is 6.10 Å². The van der Waals surface area contributed by atoms with Crippen LogP contribution in [-0.4, -0.2) is 34.1 Å². The summed E-state index contributed by atoms with van der Waals surface area (Å²) in [4.78, 5) is 6.73. The third-order valence-corrected chi connectivity index (χ3v) is 5.50. The van der Waals surface area contributed by atoms with Crippen LogP contribution in [0.15, 0.2) is 41.1 Å². The fraction of sp³-hybridized carbons (Fsp3) is 0.333. The number of hydrogen-bond acceptors (Lipinski definition) is 7. The third-order valence-electron chi connectivity index (χ3n) is 5.50. The number of aromatic nitrogens is 2. The van der Waals surface area contributed by atoms with Crippen molar-refractivity contribution < 1.29 is 14.4 Å². The SMILES string of the molecule is Cc1noc(C)c1-c1ccc2c3c1OC[C@H](c1ccccn1)N3C(C(C)O)N2. The lowest BCUT2D eigenvalue weighted by Crippen LogP contribution is -2.48. The number of rotatable bonds is 3. The van der Waals surface area contributed by atoms with Gasteiger partial charge in [0.2, 0.25) is 0 Å². The normalized spacial score (nSPS) is 21.1. The summed E-state index contributed by atoms with van der Waals surface area (Å²) in [6, 6.07) is 9.82. The first-order valence-corrected chi connectivity index (χ1v) is 9.43. The van der Waals surface area contributed by atoms with Gasteiger partial charge in [0.15, 0.2) is 5.75 Å². The summed E-state index contributed by atoms with van der Waals surface area (Å²) < 4.78 is 11.7. The minimum Gasteiger partial charge on any atom is -0.488 e. The number of pyridine rings is 1. The Labute approximate surface area is 162 Å². The van der Waals surface area contributed by atoms with Gasteiger partial charge in [-0.25, -0.2) is 0 Å². The molecule has 4 heterocycles. The van der Waals surface area contributed by atoms with Crippen molar-refractivity contribution >= 4 is 11.4 Å². The van der Waals surface area contributed by atoms with E-state index in [1.807, 2.05) is 44.2 Å². The van der Waals surface area contributed by atoms with E-state index in [-0.39, 0.29) is 12.2 Å². The second kappa shape index (κ2) is 6.24. The van der Waals surface area contributed by atoms with Crippen molar-refractivity contribution in [3.63, 3.8) is 0 Å². The summed E-state index contributed by atoms with van der Waals surface area (Å²) in [5.41, 5.74) is 5.54. The molecule has 7 heteroatoms. The van der Waals surface area contributed by atoms with Gasteiger partial charge in [-0.15, -0.1) is 0 Å². The first kappa shape index (κ1) is 17.1. The molecule has 0 amide bonds. The molecule has 0 radical (unpaired) electrons. The highest BCUT2D eigenvalue weighted by Gasteiger charge is 2.44. The Morgan fingerprint density at radius 2 is 2.11 bits per heavy atom. The highest BCUT2D eigenvalue weighted by Crippen LogP contribution is 2.54. The van der Waals surface area contributed by atoms with Crippen molar-refractivity contribution in [3.05, 3.63) is 53.7 Å². The maximum Gasteiger partial charge on any atom is 0.152 e. The minimum absolute atomic E-state index is 0.0954. The Kier molecular flexibility index (Phi) is 3.80. The number of aliphatic hydroxyl groups excluding tert-OH is 1. The molecule has 2 aromatic heterocycles. The molecule has 5 rings (SSSR count). The lowest BCUT2D eigenvalue weighted by atomic mass is 9.99. The zero-order valence-corrected chi connectivity index (χ0v) is 16.0. The monoisotopic (exact) mass is 378 g/mol. The van der Waals surface area contributed by atoms with Crippen molar-refractivity contribution in [2.45, 2.75) is 39.1 Å². The standard InChI is InChI=1S/C21H22N4O3/c1-11-18(13(3)28-24-11)14-7-8-16-19-20(14)27-10-17(15-6-4-5-9-22-15)25(19)21(23-16)12(2)26/h4-9,12,17,21,23,26H,10H2,1-3H3/t12?,17-,21?/m1/s1. The number of nitrogens with zero attached hydrogens (tertiary/aromatic N) is 3. The molecule has 1 aromatic carbocycles. The number of benzene rings is 1. The number of aryl methyl sites for hydroxylation is 2. The van der Waals surface area contributed by atoms with Gasteiger partial charge in [0.05, 0.1) is 28.7 Å². The molecule has 2 aliphatic rings. The van der Waals surface area contributed by atoms with Gasteiger partial charge in [0.25, 0.3) is 0 Å². The van der Waals surface area contributed by atoms with Gasteiger partial charge >= 0.3 is 0 Å². The van der Waals surface area contributed by atoms with Crippen LogP contribution in [0.4, 0.5) is 11.4 Å². The minimum atomic E-state index is -0.577. The van der Waals surface area contributed by atoms with E-state index in [4.69, 9.17) is 9.26 Å². The maximum atomic E-state index is 10.5. The van der Waals surface area contributed by atoms with Gasteiger partial charge in [-0.05, 0) is 45.0 Å². The van der Waals surface area contributed by atoms with Crippen LogP contribution in [0, 0.1) is 13.8 Å². The summed E-state index contributed by atoms with van der Waals surface area (Å²) in [5.74, 6) is 1.54. The molecule has 28 heavy (non-hydrogen) atoms. The molecule has 2 aliphatic heterocycles. The van der Waals surface area contributed by atoms with Gasteiger partial charge in [-0.1, -0.05) is 11.2 Å². The largest absolute Gasteiger partial charge is 0.488 e. The molecule has 2 N–H and O–H groups in total. The van der Waals surface area contributed by atoms with Crippen molar-refractivity contribution in [3.8, 4) is 16.9 Å². The lowest BCUT2D eigenvalue weighted by molar-refractivity contribution is 0.157. The second-order valence-corrected chi connectivity index (χ2v) is 7.36. The summed E-state index contributed by atoms with van der Waals surface area (Å²) in [7, 11) is 0. The molecule has 144 valence electrons. The van der Waals surface area contributed by atoms with Crippen LogP contribution >= 0.6 is 0 Å². The van der Waals surface area contributed by atoms with E-state index >= 15 is 0 Å². The summed E-state index contributed by atoms with van der Waals surface area (Å²) in [6.45, 7) is 6.07. The fourth-order valence-corrected chi connectivity index (χ4v) is 4.27. The lowest BCUT2D eigenvalue weighted by Gasteiger charge is -2.39. The topological polar surface area (TPSA) is 83.7 Å². The van der Waals surface area contributed by atoms with E-state index in [0.717, 1.165) is 45.4 Å². The summed E-state index contributed by atoms with van der Waals surface area (Å²) >= 11 is 0. The smallest absolute Gasteiger partial charge is 0.152 e. The molecule has 0 aliphatic carbocycles. The highest BCUT2D eigenvalue weighted by atomic mass is 16.5. The predicted molar refractivity (Wildman–Crippen MR) is 105 cm³/mol. The van der Waals surface area contributed by atoms with Crippen LogP contribution in [0.5, 0.6) is 5.75 Å². The molecule has 0 saturated carbocycles. The highest BCUT2D eigenvalue weighted by molar-refractivity contribution is 5.92. The maximum absolute atomic E-state index is 10.5. The van der Waals surface area contributed by atoms with Crippen molar-refractivity contribution in [1.82, 2.24) is 10.1 Å². The van der Waals surface area contributed by atoms with Crippen molar-refractivity contribution in [2.24, 2.45) is 0 Å². The predicted octanol–water partition coefficient (Wildman–Crippen LogP) is 3.43. The van der Waals surface area contributed by atoms with Crippen LogP contribution < -0.4 is 15.0 Å². The first-order valence-electron chi connectivity index (χ1n) is 9.43. The van der Waals surface area contributed by atoms with Gasteiger partial charge in [-0.2, -0.15) is 0 Å². The zero-order valence-electron chi connectivity index (χ0n) is 16.0. The molecule has 3 aromatic rings. The molecule has 2 unspecified atom stereocenters. The molecular formula is C21H22N4O3. The molecule has 3 atom stereocenters. The van der Waals surface area contributed by atoms with Crippen LogP contribution in [0.3, 0.4) is 0 Å². The summed E-state index contributed by atoms with van der Waals surface area (Å²) in [6.07, 6.45) is 0.948. The van der Waals surface area contributed by atoms with E-state index in [1.165, 1.54) is 0 Å². The van der Waals surface area contributed by atoms with Crippen LogP contribution in [0.1, 0.15) is 30.1 Å². The van der Waals surface area contributed by atoms with E-state index in [2.05, 4.69) is 20.4 Å². The number of anilines is 2. The molecule has 0 saturated heterocycles. The number of hydrogen-bond donors (Lipinski definition) is 2. The first-order chi connectivity index (χ1) is 13.6. The van der Waals surface area contributed by atoms with Gasteiger partial charge in [0.1, 0.15) is 30.3 Å². The molecular weight excluding hydrogens is 356 g/mol. The Bertz CT molecular complexity index is 1010.